The molecule has 114 valence electrons. The summed E-state index contributed by atoms with van der Waals surface area (Å²) in [4.78, 5) is 0. The Morgan fingerprint density at radius 3 is 2.53 bits per heavy atom. The van der Waals surface area contributed by atoms with Gasteiger partial charge in [0, 0.05) is 26.4 Å². The van der Waals surface area contributed by atoms with E-state index in [0.717, 1.165) is 25.6 Å². The van der Waals surface area contributed by atoms with E-state index < -0.39 is 0 Å². The highest BCUT2D eigenvalue weighted by molar-refractivity contribution is 4.90. The van der Waals surface area contributed by atoms with Gasteiger partial charge in [-0.05, 0) is 44.1 Å². The van der Waals surface area contributed by atoms with E-state index in [9.17, 15) is 0 Å². The molecule has 1 N–H and O–H groups in total. The normalized spacial score (nSPS) is 28.6. The van der Waals surface area contributed by atoms with Crippen molar-refractivity contribution in [2.75, 3.05) is 27.4 Å². The zero-order valence-electron chi connectivity index (χ0n) is 13.5. The molecular weight excluding hydrogens is 238 g/mol. The molecule has 3 atom stereocenters. The third-order valence-electron chi connectivity index (χ3n) is 5.00. The smallest absolute Gasteiger partial charge is 0.0730 e. The Bertz CT molecular complexity index is 243. The zero-order chi connectivity index (χ0) is 14.3. The molecule has 1 fully saturated rings. The van der Waals surface area contributed by atoms with Crippen molar-refractivity contribution in [1.29, 1.82) is 0 Å². The molecule has 1 aliphatic rings. The highest BCUT2D eigenvalue weighted by Gasteiger charge is 2.37. The lowest BCUT2D eigenvalue weighted by molar-refractivity contribution is -0.0342. The van der Waals surface area contributed by atoms with Crippen molar-refractivity contribution in [2.24, 2.45) is 11.3 Å². The van der Waals surface area contributed by atoms with Gasteiger partial charge < -0.3 is 14.8 Å². The van der Waals surface area contributed by atoms with Crippen molar-refractivity contribution in [1.82, 2.24) is 5.32 Å². The van der Waals surface area contributed by atoms with Gasteiger partial charge in [0.1, 0.15) is 0 Å². The van der Waals surface area contributed by atoms with Crippen molar-refractivity contribution in [3.8, 4) is 0 Å². The highest BCUT2D eigenvalue weighted by atomic mass is 16.5. The minimum absolute atomic E-state index is 0.367. The molecule has 0 bridgehead atoms. The first-order valence-electron chi connectivity index (χ1n) is 7.83. The van der Waals surface area contributed by atoms with Crippen LogP contribution in [0.25, 0.3) is 0 Å². The first-order chi connectivity index (χ1) is 9.05. The van der Waals surface area contributed by atoms with E-state index in [4.69, 9.17) is 9.47 Å². The average molecular weight is 271 g/mol. The summed E-state index contributed by atoms with van der Waals surface area (Å²) in [6.07, 6.45) is 6.36. The fourth-order valence-electron chi connectivity index (χ4n) is 3.08. The molecule has 3 heteroatoms. The molecule has 3 nitrogen and oxygen atoms in total. The maximum atomic E-state index is 6.12. The maximum absolute atomic E-state index is 6.12. The summed E-state index contributed by atoms with van der Waals surface area (Å²) >= 11 is 0. The van der Waals surface area contributed by atoms with Crippen LogP contribution in [0.3, 0.4) is 0 Å². The van der Waals surface area contributed by atoms with Gasteiger partial charge in [-0.15, -0.1) is 0 Å². The second-order valence-corrected chi connectivity index (χ2v) is 6.50. The minimum atomic E-state index is 0.367. The van der Waals surface area contributed by atoms with Gasteiger partial charge in [-0.1, -0.05) is 27.2 Å². The molecule has 0 aromatic rings. The Morgan fingerprint density at radius 2 is 1.95 bits per heavy atom. The number of ether oxygens (including phenoxy) is 2. The predicted molar refractivity (Wildman–Crippen MR) is 80.5 cm³/mol. The number of likely N-dealkylation sites (N-methyl/N-ethyl adjacent to an activating group) is 1. The SMILES string of the molecule is CCC(C)(C)C1CCC(NC)C(OCCCOC)C1. The second-order valence-electron chi connectivity index (χ2n) is 6.50. The second kappa shape index (κ2) is 8.23. The van der Waals surface area contributed by atoms with Gasteiger partial charge in [0.2, 0.25) is 0 Å². The van der Waals surface area contributed by atoms with Crippen LogP contribution in [0.2, 0.25) is 0 Å². The van der Waals surface area contributed by atoms with E-state index >= 15 is 0 Å². The summed E-state index contributed by atoms with van der Waals surface area (Å²) in [5.41, 5.74) is 0.437. The average Bonchev–Trinajstić information content (AvgIpc) is 2.43. The van der Waals surface area contributed by atoms with Crippen molar-refractivity contribution in [3.05, 3.63) is 0 Å². The van der Waals surface area contributed by atoms with Gasteiger partial charge in [-0.25, -0.2) is 0 Å². The van der Waals surface area contributed by atoms with Gasteiger partial charge in [-0.2, -0.15) is 0 Å². The van der Waals surface area contributed by atoms with E-state index in [0.29, 0.717) is 17.6 Å². The number of nitrogens with one attached hydrogen (secondary N) is 1. The van der Waals surface area contributed by atoms with Crippen LogP contribution in [0.5, 0.6) is 0 Å². The number of hydrogen-bond acceptors (Lipinski definition) is 3. The summed E-state index contributed by atoms with van der Waals surface area (Å²) < 4.78 is 11.2. The Labute approximate surface area is 119 Å². The monoisotopic (exact) mass is 271 g/mol. The molecule has 0 aromatic heterocycles. The van der Waals surface area contributed by atoms with Gasteiger partial charge in [0.25, 0.3) is 0 Å². The van der Waals surface area contributed by atoms with Gasteiger partial charge in [-0.3, -0.25) is 0 Å². The predicted octanol–water partition coefficient (Wildman–Crippen LogP) is 3.23. The minimum Gasteiger partial charge on any atom is -0.385 e. The van der Waals surface area contributed by atoms with Crippen molar-refractivity contribution in [3.63, 3.8) is 0 Å². The van der Waals surface area contributed by atoms with Gasteiger partial charge in [0.05, 0.1) is 6.10 Å². The Morgan fingerprint density at radius 1 is 1.21 bits per heavy atom. The third kappa shape index (κ3) is 5.05. The molecule has 1 saturated carbocycles. The van der Waals surface area contributed by atoms with Crippen LogP contribution < -0.4 is 5.32 Å². The van der Waals surface area contributed by atoms with Crippen LogP contribution in [0, 0.1) is 11.3 Å². The van der Waals surface area contributed by atoms with E-state index in [-0.39, 0.29) is 0 Å². The van der Waals surface area contributed by atoms with E-state index in [1.54, 1.807) is 7.11 Å². The molecule has 0 aromatic carbocycles. The molecule has 1 aliphatic carbocycles. The number of hydrogen-bond donors (Lipinski definition) is 1. The fourth-order valence-corrected chi connectivity index (χ4v) is 3.08. The summed E-state index contributed by atoms with van der Waals surface area (Å²) in [6.45, 7) is 8.72. The van der Waals surface area contributed by atoms with Crippen molar-refractivity contribution in [2.45, 2.75) is 65.0 Å². The van der Waals surface area contributed by atoms with Crippen LogP contribution in [-0.2, 0) is 9.47 Å². The first-order valence-corrected chi connectivity index (χ1v) is 7.83. The third-order valence-corrected chi connectivity index (χ3v) is 5.00. The summed E-state index contributed by atoms with van der Waals surface area (Å²) in [5.74, 6) is 0.787. The molecular formula is C16H33NO2. The van der Waals surface area contributed by atoms with Crippen LogP contribution in [0.4, 0.5) is 0 Å². The molecule has 1 rings (SSSR count). The summed E-state index contributed by atoms with van der Waals surface area (Å²) in [7, 11) is 3.80. The topological polar surface area (TPSA) is 30.5 Å². The van der Waals surface area contributed by atoms with Crippen molar-refractivity contribution < 1.29 is 9.47 Å². The van der Waals surface area contributed by atoms with Gasteiger partial charge >= 0.3 is 0 Å². The zero-order valence-corrected chi connectivity index (χ0v) is 13.5. The highest BCUT2D eigenvalue weighted by Crippen LogP contribution is 2.41. The molecule has 19 heavy (non-hydrogen) atoms. The van der Waals surface area contributed by atoms with E-state index in [1.807, 2.05) is 0 Å². The molecule has 0 spiro atoms. The van der Waals surface area contributed by atoms with E-state index in [1.165, 1.54) is 25.7 Å². The first kappa shape index (κ1) is 16.9. The fraction of sp³-hybridized carbons (Fsp3) is 1.00. The Hall–Kier alpha value is -0.120. The van der Waals surface area contributed by atoms with Crippen LogP contribution >= 0.6 is 0 Å². The number of methoxy groups -OCH3 is 1. The van der Waals surface area contributed by atoms with E-state index in [2.05, 4.69) is 33.1 Å². The molecule has 0 saturated heterocycles. The van der Waals surface area contributed by atoms with Crippen LogP contribution in [-0.4, -0.2) is 39.5 Å². The molecule has 0 amide bonds. The summed E-state index contributed by atoms with van der Waals surface area (Å²) in [5, 5.41) is 3.43. The number of rotatable bonds is 8. The standard InChI is InChI=1S/C16H33NO2/c1-6-16(2,3)13-8-9-14(17-4)15(12-13)19-11-7-10-18-5/h13-15,17H,6-12H2,1-5H3. The summed E-state index contributed by atoms with van der Waals surface area (Å²) in [6, 6.07) is 0.520. The molecule has 3 unspecified atom stereocenters. The lowest BCUT2D eigenvalue weighted by Gasteiger charge is -2.43. The lowest BCUT2D eigenvalue weighted by Crippen LogP contribution is -2.46. The quantitative estimate of drug-likeness (QED) is 0.688. The maximum Gasteiger partial charge on any atom is 0.0730 e. The Balaban J connectivity index is 2.49. The molecule has 0 heterocycles. The Kier molecular flexibility index (Phi) is 7.33. The lowest BCUT2D eigenvalue weighted by atomic mass is 9.68. The molecule has 0 aliphatic heterocycles. The van der Waals surface area contributed by atoms with Gasteiger partial charge in [0.15, 0.2) is 0 Å². The van der Waals surface area contributed by atoms with Crippen molar-refractivity contribution >= 4 is 0 Å². The van der Waals surface area contributed by atoms with Crippen LogP contribution in [0.1, 0.15) is 52.9 Å². The molecule has 0 radical (unpaired) electrons. The van der Waals surface area contributed by atoms with Crippen LogP contribution in [0.15, 0.2) is 0 Å². The largest absolute Gasteiger partial charge is 0.385 e.